The monoisotopic (exact) mass is 270 g/mol. The van der Waals surface area contributed by atoms with E-state index < -0.39 is 0 Å². The van der Waals surface area contributed by atoms with Crippen molar-refractivity contribution in [2.75, 3.05) is 0 Å². The van der Waals surface area contributed by atoms with E-state index in [4.69, 9.17) is 23.2 Å². The number of aromatic nitrogens is 4. The van der Waals surface area contributed by atoms with E-state index in [-0.39, 0.29) is 0 Å². The van der Waals surface area contributed by atoms with Gasteiger partial charge in [0.15, 0.2) is 5.82 Å². The van der Waals surface area contributed by atoms with Crippen LogP contribution < -0.4 is 0 Å². The molecule has 0 aliphatic rings. The maximum atomic E-state index is 6.01. The van der Waals surface area contributed by atoms with Crippen molar-refractivity contribution in [1.82, 2.24) is 19.7 Å². The molecule has 2 aromatic heterocycles. The molecular formula is C11H12Cl2N4. The molecule has 0 N–H and O–H groups in total. The van der Waals surface area contributed by atoms with Crippen molar-refractivity contribution >= 4 is 23.2 Å². The Kier molecular flexibility index (Phi) is 3.35. The average molecular weight is 271 g/mol. The van der Waals surface area contributed by atoms with Crippen molar-refractivity contribution in [2.24, 2.45) is 7.05 Å². The number of halogens is 2. The van der Waals surface area contributed by atoms with Gasteiger partial charge >= 0.3 is 0 Å². The van der Waals surface area contributed by atoms with Gasteiger partial charge in [0.25, 0.3) is 0 Å². The van der Waals surface area contributed by atoms with Crippen LogP contribution in [0.4, 0.5) is 0 Å². The van der Waals surface area contributed by atoms with Crippen molar-refractivity contribution in [3.8, 4) is 11.4 Å². The molecule has 90 valence electrons. The molecule has 2 aromatic rings. The van der Waals surface area contributed by atoms with Crippen molar-refractivity contribution in [3.05, 3.63) is 27.8 Å². The summed E-state index contributed by atoms with van der Waals surface area (Å²) in [5.74, 6) is 0.524. The van der Waals surface area contributed by atoms with Crippen molar-refractivity contribution in [3.63, 3.8) is 0 Å². The maximum absolute atomic E-state index is 6.01. The van der Waals surface area contributed by atoms with Crippen LogP contribution in [-0.4, -0.2) is 19.7 Å². The molecule has 17 heavy (non-hydrogen) atoms. The third kappa shape index (κ3) is 2.28. The standard InChI is InChI=1S/C11H12Cl2N4/c1-4-8-7(5-17(3)16-8)11-14-9(12)6(2)10(13)15-11/h5H,4H2,1-3H3. The van der Waals surface area contributed by atoms with Gasteiger partial charge in [-0.05, 0) is 13.3 Å². The Hall–Kier alpha value is -1.13. The lowest BCUT2D eigenvalue weighted by atomic mass is 10.2. The molecule has 0 saturated heterocycles. The first-order chi connectivity index (χ1) is 8.02. The van der Waals surface area contributed by atoms with E-state index in [0.717, 1.165) is 17.7 Å². The summed E-state index contributed by atoms with van der Waals surface area (Å²) in [6.07, 6.45) is 2.68. The first kappa shape index (κ1) is 12.3. The first-order valence-electron chi connectivity index (χ1n) is 5.25. The highest BCUT2D eigenvalue weighted by atomic mass is 35.5. The predicted molar refractivity (Wildman–Crippen MR) is 68.4 cm³/mol. The highest BCUT2D eigenvalue weighted by Crippen LogP contribution is 2.26. The molecule has 0 atom stereocenters. The molecule has 2 heterocycles. The van der Waals surface area contributed by atoms with E-state index in [1.807, 2.05) is 20.2 Å². The van der Waals surface area contributed by atoms with Crippen LogP contribution in [0.1, 0.15) is 18.2 Å². The SMILES string of the molecule is CCc1nn(C)cc1-c1nc(Cl)c(C)c(Cl)n1. The lowest BCUT2D eigenvalue weighted by molar-refractivity contribution is 0.746. The fourth-order valence-corrected chi connectivity index (χ4v) is 1.95. The van der Waals surface area contributed by atoms with E-state index in [0.29, 0.717) is 21.7 Å². The van der Waals surface area contributed by atoms with Gasteiger partial charge in [0.05, 0.1) is 11.3 Å². The molecule has 6 heteroatoms. The molecule has 0 unspecified atom stereocenters. The van der Waals surface area contributed by atoms with E-state index >= 15 is 0 Å². The quantitative estimate of drug-likeness (QED) is 0.788. The highest BCUT2D eigenvalue weighted by molar-refractivity contribution is 6.34. The third-order valence-electron chi connectivity index (χ3n) is 2.51. The number of hydrogen-bond donors (Lipinski definition) is 0. The summed E-state index contributed by atoms with van der Waals surface area (Å²) in [5.41, 5.74) is 2.50. The summed E-state index contributed by atoms with van der Waals surface area (Å²) in [6.45, 7) is 3.82. The Balaban J connectivity index is 2.60. The molecular weight excluding hydrogens is 259 g/mol. The highest BCUT2D eigenvalue weighted by Gasteiger charge is 2.14. The van der Waals surface area contributed by atoms with E-state index in [2.05, 4.69) is 15.1 Å². The number of nitrogens with zero attached hydrogens (tertiary/aromatic N) is 4. The summed E-state index contributed by atoms with van der Waals surface area (Å²) in [4.78, 5) is 8.48. The van der Waals surface area contributed by atoms with Crippen LogP contribution in [0.3, 0.4) is 0 Å². The van der Waals surface area contributed by atoms with Gasteiger partial charge in [-0.1, -0.05) is 30.1 Å². The van der Waals surface area contributed by atoms with Crippen LogP contribution in [0.5, 0.6) is 0 Å². The van der Waals surface area contributed by atoms with E-state index in [9.17, 15) is 0 Å². The Morgan fingerprint density at radius 2 is 1.82 bits per heavy atom. The van der Waals surface area contributed by atoms with Crippen molar-refractivity contribution in [1.29, 1.82) is 0 Å². The van der Waals surface area contributed by atoms with Crippen LogP contribution in [0.2, 0.25) is 10.3 Å². The Morgan fingerprint density at radius 1 is 1.24 bits per heavy atom. The van der Waals surface area contributed by atoms with Crippen LogP contribution >= 0.6 is 23.2 Å². The minimum atomic E-state index is 0.380. The van der Waals surface area contributed by atoms with Crippen molar-refractivity contribution in [2.45, 2.75) is 20.3 Å². The molecule has 0 amide bonds. The van der Waals surface area contributed by atoms with Gasteiger partial charge in [0, 0.05) is 18.8 Å². The van der Waals surface area contributed by atoms with E-state index in [1.165, 1.54) is 0 Å². The van der Waals surface area contributed by atoms with Gasteiger partial charge in [0.2, 0.25) is 0 Å². The topological polar surface area (TPSA) is 43.6 Å². The molecule has 0 aliphatic heterocycles. The lowest BCUT2D eigenvalue weighted by Crippen LogP contribution is -1.95. The largest absolute Gasteiger partial charge is 0.275 e. The average Bonchev–Trinajstić information content (AvgIpc) is 2.66. The van der Waals surface area contributed by atoms with E-state index in [1.54, 1.807) is 11.6 Å². The minimum absolute atomic E-state index is 0.380. The Labute approximate surface area is 110 Å². The summed E-state index contributed by atoms with van der Waals surface area (Å²) < 4.78 is 1.74. The maximum Gasteiger partial charge on any atom is 0.165 e. The molecule has 0 aliphatic carbocycles. The predicted octanol–water partition coefficient (Wildman–Crippen LogP) is 3.05. The Morgan fingerprint density at radius 3 is 2.35 bits per heavy atom. The zero-order valence-electron chi connectivity index (χ0n) is 9.83. The van der Waals surface area contributed by atoms with Crippen LogP contribution in [0.25, 0.3) is 11.4 Å². The Bertz CT molecular complexity index is 540. The van der Waals surface area contributed by atoms with Gasteiger partial charge in [-0.15, -0.1) is 0 Å². The third-order valence-corrected chi connectivity index (χ3v) is 3.24. The van der Waals surface area contributed by atoms with Crippen LogP contribution in [0, 0.1) is 6.92 Å². The normalized spacial score (nSPS) is 10.9. The minimum Gasteiger partial charge on any atom is -0.275 e. The number of aryl methyl sites for hydroxylation is 2. The second kappa shape index (κ2) is 4.63. The summed E-state index contributed by atoms with van der Waals surface area (Å²) in [6, 6.07) is 0. The summed E-state index contributed by atoms with van der Waals surface area (Å²) >= 11 is 12.0. The fourth-order valence-electron chi connectivity index (χ4n) is 1.57. The number of hydrogen-bond acceptors (Lipinski definition) is 3. The fraction of sp³-hybridized carbons (Fsp3) is 0.364. The zero-order chi connectivity index (χ0) is 12.6. The smallest absolute Gasteiger partial charge is 0.165 e. The molecule has 4 nitrogen and oxygen atoms in total. The second-order valence-electron chi connectivity index (χ2n) is 3.77. The van der Waals surface area contributed by atoms with Crippen molar-refractivity contribution < 1.29 is 0 Å². The van der Waals surface area contributed by atoms with Gasteiger partial charge in [0.1, 0.15) is 10.3 Å². The van der Waals surface area contributed by atoms with Gasteiger partial charge in [-0.25, -0.2) is 9.97 Å². The van der Waals surface area contributed by atoms with Gasteiger partial charge < -0.3 is 0 Å². The zero-order valence-corrected chi connectivity index (χ0v) is 11.3. The first-order valence-corrected chi connectivity index (χ1v) is 6.01. The van der Waals surface area contributed by atoms with Crippen LogP contribution in [-0.2, 0) is 13.5 Å². The van der Waals surface area contributed by atoms with Gasteiger partial charge in [-0.2, -0.15) is 5.10 Å². The number of rotatable bonds is 2. The summed E-state index contributed by atoms with van der Waals surface area (Å²) in [5, 5.41) is 5.10. The molecule has 0 fully saturated rings. The molecule has 0 spiro atoms. The second-order valence-corrected chi connectivity index (χ2v) is 4.49. The molecule has 0 radical (unpaired) electrons. The lowest BCUT2D eigenvalue weighted by Gasteiger charge is -2.03. The van der Waals surface area contributed by atoms with Crippen LogP contribution in [0.15, 0.2) is 6.20 Å². The summed E-state index contributed by atoms with van der Waals surface area (Å²) in [7, 11) is 1.86. The molecule has 0 aromatic carbocycles. The van der Waals surface area contributed by atoms with Gasteiger partial charge in [-0.3, -0.25) is 4.68 Å². The molecule has 0 bridgehead atoms. The molecule has 2 rings (SSSR count). The molecule has 0 saturated carbocycles.